The zero-order chi connectivity index (χ0) is 20.4. The summed E-state index contributed by atoms with van der Waals surface area (Å²) in [6.45, 7) is 13.7. The van der Waals surface area contributed by atoms with Crippen molar-refractivity contribution < 1.29 is 4.79 Å². The van der Waals surface area contributed by atoms with Crippen molar-refractivity contribution in [2.45, 2.75) is 41.5 Å². The monoisotopic (exact) mass is 375 g/mol. The number of carbonyl (C=O) groups excluding carboxylic acids is 1. The Kier molecular flexibility index (Phi) is 5.68. The molecule has 0 fully saturated rings. The van der Waals surface area contributed by atoms with Gasteiger partial charge in [0.05, 0.1) is 11.4 Å². The molecule has 4 nitrogen and oxygen atoms in total. The molecule has 0 unspecified atom stereocenters. The summed E-state index contributed by atoms with van der Waals surface area (Å²) in [6, 6.07) is 14.5. The minimum atomic E-state index is 0.00700. The van der Waals surface area contributed by atoms with E-state index in [-0.39, 0.29) is 5.91 Å². The molecule has 146 valence electrons. The highest BCUT2D eigenvalue weighted by atomic mass is 16.2. The molecule has 0 N–H and O–H groups in total. The molecule has 3 rings (SSSR count). The molecule has 0 aliphatic heterocycles. The van der Waals surface area contributed by atoms with E-state index in [0.717, 1.165) is 22.5 Å². The largest absolute Gasteiger partial charge is 0.338 e. The topological polar surface area (TPSA) is 38.1 Å². The summed E-state index contributed by atoms with van der Waals surface area (Å²) in [5.74, 6) is 0.00700. The number of rotatable bonds is 5. The number of hydrogen-bond donors (Lipinski definition) is 0. The molecule has 4 heteroatoms. The highest BCUT2D eigenvalue weighted by Gasteiger charge is 2.22. The van der Waals surface area contributed by atoms with Crippen LogP contribution in [-0.2, 0) is 0 Å². The fourth-order valence-electron chi connectivity index (χ4n) is 3.47. The van der Waals surface area contributed by atoms with Gasteiger partial charge in [-0.3, -0.25) is 4.79 Å². The second-order valence-corrected chi connectivity index (χ2v) is 7.39. The summed E-state index contributed by atoms with van der Waals surface area (Å²) in [5, 5.41) is 4.85. The number of amides is 1. The van der Waals surface area contributed by atoms with Crippen LogP contribution in [0.15, 0.2) is 42.5 Å². The van der Waals surface area contributed by atoms with Crippen molar-refractivity contribution in [2.75, 3.05) is 13.1 Å². The molecule has 0 aliphatic rings. The fraction of sp³-hybridized carbons (Fsp3) is 0.333. The molecule has 0 atom stereocenters. The van der Waals surface area contributed by atoms with E-state index in [0.29, 0.717) is 18.8 Å². The van der Waals surface area contributed by atoms with E-state index in [1.165, 1.54) is 16.7 Å². The highest BCUT2D eigenvalue weighted by Crippen LogP contribution is 2.26. The lowest BCUT2D eigenvalue weighted by atomic mass is 10.0. The molecule has 1 heterocycles. The van der Waals surface area contributed by atoms with Gasteiger partial charge in [0.2, 0.25) is 0 Å². The van der Waals surface area contributed by atoms with E-state index in [1.807, 2.05) is 30.9 Å². The summed E-state index contributed by atoms with van der Waals surface area (Å²) >= 11 is 0. The Morgan fingerprint density at radius 1 is 0.893 bits per heavy atom. The van der Waals surface area contributed by atoms with Crippen molar-refractivity contribution in [3.05, 3.63) is 70.4 Å². The molecule has 1 aromatic heterocycles. The summed E-state index contributed by atoms with van der Waals surface area (Å²) < 4.78 is 1.81. The Morgan fingerprint density at radius 2 is 1.61 bits per heavy atom. The molecule has 0 spiro atoms. The van der Waals surface area contributed by atoms with Crippen LogP contribution >= 0.6 is 0 Å². The third-order valence-electron chi connectivity index (χ3n) is 5.36. The van der Waals surface area contributed by atoms with Crippen LogP contribution in [0.3, 0.4) is 0 Å². The number of benzene rings is 2. The molecule has 28 heavy (non-hydrogen) atoms. The molecule has 3 aromatic rings. The van der Waals surface area contributed by atoms with Crippen LogP contribution in [0.25, 0.3) is 16.9 Å². The maximum atomic E-state index is 13.2. The van der Waals surface area contributed by atoms with Gasteiger partial charge < -0.3 is 4.90 Å². The van der Waals surface area contributed by atoms with Crippen molar-refractivity contribution in [2.24, 2.45) is 0 Å². The first-order valence-electron chi connectivity index (χ1n) is 9.90. The number of hydrogen-bond acceptors (Lipinski definition) is 2. The van der Waals surface area contributed by atoms with E-state index in [1.54, 1.807) is 4.68 Å². The van der Waals surface area contributed by atoms with Gasteiger partial charge in [-0.25, -0.2) is 4.68 Å². The van der Waals surface area contributed by atoms with Gasteiger partial charge in [-0.15, -0.1) is 0 Å². The van der Waals surface area contributed by atoms with Crippen molar-refractivity contribution in [1.29, 1.82) is 0 Å². The molecular weight excluding hydrogens is 346 g/mol. The first kappa shape index (κ1) is 19.9. The predicted octanol–water partition coefficient (Wildman–Crippen LogP) is 5.25. The fourth-order valence-corrected chi connectivity index (χ4v) is 3.47. The summed E-state index contributed by atoms with van der Waals surface area (Å²) in [7, 11) is 0. The van der Waals surface area contributed by atoms with E-state index >= 15 is 0 Å². The maximum absolute atomic E-state index is 13.2. The molecule has 0 saturated heterocycles. The molecule has 0 radical (unpaired) electrons. The van der Waals surface area contributed by atoms with Crippen LogP contribution in [0.2, 0.25) is 0 Å². The van der Waals surface area contributed by atoms with E-state index in [9.17, 15) is 4.79 Å². The molecular formula is C24H29N3O. The summed E-state index contributed by atoms with van der Waals surface area (Å²) in [5.41, 5.74) is 8.15. The third-order valence-corrected chi connectivity index (χ3v) is 5.36. The van der Waals surface area contributed by atoms with Crippen molar-refractivity contribution in [1.82, 2.24) is 14.7 Å². The molecule has 0 aliphatic carbocycles. The van der Waals surface area contributed by atoms with Crippen LogP contribution < -0.4 is 0 Å². The van der Waals surface area contributed by atoms with Crippen molar-refractivity contribution in [3.63, 3.8) is 0 Å². The summed E-state index contributed by atoms with van der Waals surface area (Å²) in [4.78, 5) is 15.0. The normalized spacial score (nSPS) is 10.9. The standard InChI is InChI=1S/C24H29N3O/c1-7-26(8-2)24(28)23-15-21(20-11-10-17(4)18(5)14-20)25-27(23)22-12-9-16(3)13-19(22)6/h9-15H,7-8H2,1-6H3. The lowest BCUT2D eigenvalue weighted by Crippen LogP contribution is -2.32. The van der Waals surface area contributed by atoms with Gasteiger partial charge in [0, 0.05) is 18.7 Å². The average Bonchev–Trinajstić information content (AvgIpc) is 3.10. The zero-order valence-electron chi connectivity index (χ0n) is 17.7. The third kappa shape index (κ3) is 3.72. The zero-order valence-corrected chi connectivity index (χ0v) is 17.7. The van der Waals surface area contributed by atoms with Crippen LogP contribution in [0.1, 0.15) is 46.6 Å². The minimum Gasteiger partial charge on any atom is -0.338 e. The second-order valence-electron chi connectivity index (χ2n) is 7.39. The Balaban J connectivity index is 2.19. The lowest BCUT2D eigenvalue weighted by molar-refractivity contribution is 0.0764. The number of carbonyl (C=O) groups is 1. The number of aromatic nitrogens is 2. The minimum absolute atomic E-state index is 0.00700. The lowest BCUT2D eigenvalue weighted by Gasteiger charge is -2.19. The Hall–Kier alpha value is -2.88. The Bertz CT molecular complexity index is 1010. The molecule has 0 saturated carbocycles. The van der Waals surface area contributed by atoms with Crippen molar-refractivity contribution >= 4 is 5.91 Å². The Labute approximate surface area is 167 Å². The van der Waals surface area contributed by atoms with Gasteiger partial charge >= 0.3 is 0 Å². The number of nitrogens with zero attached hydrogens (tertiary/aromatic N) is 3. The van der Waals surface area contributed by atoms with Gasteiger partial charge in [0.1, 0.15) is 5.69 Å². The van der Waals surface area contributed by atoms with Crippen molar-refractivity contribution in [3.8, 4) is 16.9 Å². The van der Waals surface area contributed by atoms with E-state index in [2.05, 4.69) is 58.0 Å². The van der Waals surface area contributed by atoms with Crippen LogP contribution in [0, 0.1) is 27.7 Å². The molecule has 0 bridgehead atoms. The second kappa shape index (κ2) is 8.01. The van der Waals surface area contributed by atoms with Gasteiger partial charge in [-0.05, 0) is 76.4 Å². The highest BCUT2D eigenvalue weighted by molar-refractivity contribution is 5.94. The predicted molar refractivity (Wildman–Crippen MR) is 115 cm³/mol. The van der Waals surface area contributed by atoms with Gasteiger partial charge in [-0.1, -0.05) is 29.8 Å². The molecule has 2 aromatic carbocycles. The quantitative estimate of drug-likeness (QED) is 0.610. The number of aryl methyl sites for hydroxylation is 4. The van der Waals surface area contributed by atoms with E-state index < -0.39 is 0 Å². The Morgan fingerprint density at radius 3 is 2.21 bits per heavy atom. The van der Waals surface area contributed by atoms with Gasteiger partial charge in [0.15, 0.2) is 0 Å². The molecule has 1 amide bonds. The van der Waals surface area contributed by atoms with Crippen LogP contribution in [-0.4, -0.2) is 33.7 Å². The SMILES string of the molecule is CCN(CC)C(=O)c1cc(-c2ccc(C)c(C)c2)nn1-c1ccc(C)cc1C. The first-order valence-corrected chi connectivity index (χ1v) is 9.90. The summed E-state index contributed by atoms with van der Waals surface area (Å²) in [6.07, 6.45) is 0. The first-order chi connectivity index (χ1) is 13.3. The van der Waals surface area contributed by atoms with E-state index in [4.69, 9.17) is 5.10 Å². The van der Waals surface area contributed by atoms with Crippen LogP contribution in [0.4, 0.5) is 0 Å². The smallest absolute Gasteiger partial charge is 0.272 e. The van der Waals surface area contributed by atoms with Gasteiger partial charge in [0.25, 0.3) is 5.91 Å². The maximum Gasteiger partial charge on any atom is 0.272 e. The van der Waals surface area contributed by atoms with Gasteiger partial charge in [-0.2, -0.15) is 5.10 Å². The van der Waals surface area contributed by atoms with Crippen LogP contribution in [0.5, 0.6) is 0 Å². The average molecular weight is 376 g/mol.